The highest BCUT2D eigenvalue weighted by Gasteiger charge is 2.06. The molecule has 2 rings (SSSR count). The molecule has 1 aromatic heterocycles. The molecule has 82 valence electrons. The molecule has 7 nitrogen and oxygen atoms in total. The van der Waals surface area contributed by atoms with Crippen LogP contribution in [0.25, 0.3) is 5.69 Å². The molecular weight excluding hydrogens is 210 g/mol. The predicted octanol–water partition coefficient (Wildman–Crippen LogP) is -0.935. The standard InChI is InChI=1S/C9H9N5O2/c1-13-9(16)14(12-11-13)7-4-2-6(3-5-7)8(10)15/h2-5H,1H3,(H2,10,15). The monoisotopic (exact) mass is 219 g/mol. The van der Waals surface area contributed by atoms with Crippen molar-refractivity contribution in [3.05, 3.63) is 40.3 Å². The zero-order chi connectivity index (χ0) is 11.7. The fourth-order valence-electron chi connectivity index (χ4n) is 1.24. The topological polar surface area (TPSA) is 95.8 Å². The van der Waals surface area contributed by atoms with Gasteiger partial charge in [0.05, 0.1) is 5.69 Å². The minimum atomic E-state index is -0.516. The van der Waals surface area contributed by atoms with Crippen molar-refractivity contribution in [1.29, 1.82) is 0 Å². The van der Waals surface area contributed by atoms with E-state index in [0.717, 1.165) is 9.36 Å². The molecule has 1 aromatic carbocycles. The summed E-state index contributed by atoms with van der Waals surface area (Å²) in [5, 5.41) is 7.24. The van der Waals surface area contributed by atoms with Crippen LogP contribution in [-0.4, -0.2) is 25.7 Å². The quantitative estimate of drug-likeness (QED) is 0.705. The number of aromatic nitrogens is 4. The van der Waals surface area contributed by atoms with Gasteiger partial charge in [0.15, 0.2) is 0 Å². The average molecular weight is 219 g/mol. The first-order chi connectivity index (χ1) is 7.59. The number of nitrogens with two attached hydrogens (primary N) is 1. The Morgan fingerprint density at radius 1 is 1.25 bits per heavy atom. The van der Waals surface area contributed by atoms with E-state index in [4.69, 9.17) is 5.73 Å². The summed E-state index contributed by atoms with van der Waals surface area (Å²) >= 11 is 0. The third kappa shape index (κ3) is 1.58. The van der Waals surface area contributed by atoms with E-state index in [2.05, 4.69) is 10.4 Å². The Kier molecular flexibility index (Phi) is 2.28. The molecule has 1 amide bonds. The maximum Gasteiger partial charge on any atom is 0.368 e. The van der Waals surface area contributed by atoms with E-state index in [9.17, 15) is 9.59 Å². The lowest BCUT2D eigenvalue weighted by molar-refractivity contribution is 0.100. The first kappa shape index (κ1) is 10.1. The number of carbonyl (C=O) groups is 1. The summed E-state index contributed by atoms with van der Waals surface area (Å²) in [7, 11) is 1.50. The van der Waals surface area contributed by atoms with Crippen LogP contribution < -0.4 is 11.4 Å². The van der Waals surface area contributed by atoms with Crippen LogP contribution in [0, 0.1) is 0 Å². The lowest BCUT2D eigenvalue weighted by Crippen LogP contribution is -2.22. The largest absolute Gasteiger partial charge is 0.368 e. The lowest BCUT2D eigenvalue weighted by Gasteiger charge is -1.99. The van der Waals surface area contributed by atoms with Crippen molar-refractivity contribution in [2.75, 3.05) is 0 Å². The fraction of sp³-hybridized carbons (Fsp3) is 0.111. The summed E-state index contributed by atoms with van der Waals surface area (Å²) in [6.45, 7) is 0. The van der Waals surface area contributed by atoms with Gasteiger partial charge >= 0.3 is 5.69 Å². The van der Waals surface area contributed by atoms with Crippen molar-refractivity contribution in [3.8, 4) is 5.69 Å². The van der Waals surface area contributed by atoms with Gasteiger partial charge in [0.1, 0.15) is 0 Å². The molecule has 0 saturated carbocycles. The molecule has 0 aliphatic heterocycles. The van der Waals surface area contributed by atoms with Crippen molar-refractivity contribution < 1.29 is 4.79 Å². The van der Waals surface area contributed by atoms with Crippen LogP contribution in [0.4, 0.5) is 0 Å². The second-order valence-electron chi connectivity index (χ2n) is 3.21. The van der Waals surface area contributed by atoms with Crippen molar-refractivity contribution in [2.24, 2.45) is 12.8 Å². The van der Waals surface area contributed by atoms with Crippen LogP contribution in [0.2, 0.25) is 0 Å². The number of carbonyl (C=O) groups excluding carboxylic acids is 1. The van der Waals surface area contributed by atoms with Gasteiger partial charge in [-0.15, -0.1) is 0 Å². The number of primary amides is 1. The van der Waals surface area contributed by atoms with Crippen molar-refractivity contribution in [1.82, 2.24) is 19.8 Å². The summed E-state index contributed by atoms with van der Waals surface area (Å²) in [4.78, 5) is 22.3. The Morgan fingerprint density at radius 3 is 2.31 bits per heavy atom. The van der Waals surface area contributed by atoms with Gasteiger partial charge in [-0.1, -0.05) is 0 Å². The highest BCUT2D eigenvalue weighted by Crippen LogP contribution is 2.05. The number of hydrogen-bond donors (Lipinski definition) is 1. The molecule has 0 bridgehead atoms. The Balaban J connectivity index is 2.46. The van der Waals surface area contributed by atoms with E-state index >= 15 is 0 Å². The number of aryl methyl sites for hydroxylation is 1. The maximum absolute atomic E-state index is 11.5. The first-order valence-corrected chi connectivity index (χ1v) is 4.49. The van der Waals surface area contributed by atoms with Gasteiger partial charge in [-0.2, -0.15) is 9.36 Å². The van der Waals surface area contributed by atoms with Gasteiger partial charge in [-0.05, 0) is 34.7 Å². The highest BCUT2D eigenvalue weighted by atomic mass is 16.2. The Labute approximate surface area is 90.1 Å². The summed E-state index contributed by atoms with van der Waals surface area (Å²) in [5.41, 5.74) is 5.65. The van der Waals surface area contributed by atoms with E-state index in [1.54, 1.807) is 12.1 Å². The second kappa shape index (κ2) is 3.61. The van der Waals surface area contributed by atoms with Gasteiger partial charge < -0.3 is 5.73 Å². The molecule has 0 unspecified atom stereocenters. The summed E-state index contributed by atoms with van der Waals surface area (Å²) in [6, 6.07) is 6.21. The van der Waals surface area contributed by atoms with E-state index < -0.39 is 5.91 Å². The molecular formula is C9H9N5O2. The van der Waals surface area contributed by atoms with Gasteiger partial charge in [0.2, 0.25) is 5.91 Å². The van der Waals surface area contributed by atoms with Crippen LogP contribution in [0.3, 0.4) is 0 Å². The highest BCUT2D eigenvalue weighted by molar-refractivity contribution is 5.92. The van der Waals surface area contributed by atoms with Gasteiger partial charge in [0, 0.05) is 12.6 Å². The second-order valence-corrected chi connectivity index (χ2v) is 3.21. The third-order valence-corrected chi connectivity index (χ3v) is 2.12. The Bertz CT molecular complexity index is 581. The summed E-state index contributed by atoms with van der Waals surface area (Å²) in [5.74, 6) is -0.516. The van der Waals surface area contributed by atoms with Crippen LogP contribution in [0.15, 0.2) is 29.1 Å². The molecule has 7 heteroatoms. The molecule has 0 aliphatic rings. The predicted molar refractivity (Wildman–Crippen MR) is 55.1 cm³/mol. The average Bonchev–Trinajstić information content (AvgIpc) is 2.60. The van der Waals surface area contributed by atoms with Crippen molar-refractivity contribution >= 4 is 5.91 Å². The molecule has 0 spiro atoms. The number of hydrogen-bond acceptors (Lipinski definition) is 4. The van der Waals surface area contributed by atoms with Crippen molar-refractivity contribution in [3.63, 3.8) is 0 Å². The van der Waals surface area contributed by atoms with Gasteiger partial charge in [-0.25, -0.2) is 4.79 Å². The zero-order valence-electron chi connectivity index (χ0n) is 8.49. The van der Waals surface area contributed by atoms with E-state index in [1.807, 2.05) is 0 Å². The van der Waals surface area contributed by atoms with Crippen LogP contribution in [-0.2, 0) is 7.05 Å². The molecule has 0 atom stereocenters. The number of nitrogens with zero attached hydrogens (tertiary/aromatic N) is 4. The SMILES string of the molecule is Cn1nnn(-c2ccc(C(N)=O)cc2)c1=O. The van der Waals surface area contributed by atoms with Crippen LogP contribution >= 0.6 is 0 Å². The van der Waals surface area contributed by atoms with E-state index in [1.165, 1.54) is 19.2 Å². The zero-order valence-corrected chi connectivity index (χ0v) is 8.49. The van der Waals surface area contributed by atoms with Crippen molar-refractivity contribution in [2.45, 2.75) is 0 Å². The smallest absolute Gasteiger partial charge is 0.366 e. The number of benzene rings is 1. The van der Waals surface area contributed by atoms with Crippen LogP contribution in [0.1, 0.15) is 10.4 Å². The summed E-state index contributed by atoms with van der Waals surface area (Å²) < 4.78 is 2.24. The van der Waals surface area contributed by atoms with E-state index in [-0.39, 0.29) is 5.69 Å². The minimum Gasteiger partial charge on any atom is -0.366 e. The molecule has 0 saturated heterocycles. The van der Waals surface area contributed by atoms with E-state index in [0.29, 0.717) is 11.3 Å². The van der Waals surface area contributed by atoms with Gasteiger partial charge in [0.25, 0.3) is 0 Å². The lowest BCUT2D eigenvalue weighted by atomic mass is 10.2. The summed E-state index contributed by atoms with van der Waals surface area (Å²) in [6.07, 6.45) is 0. The molecule has 0 radical (unpaired) electrons. The molecule has 2 aromatic rings. The van der Waals surface area contributed by atoms with Crippen LogP contribution in [0.5, 0.6) is 0 Å². The third-order valence-electron chi connectivity index (χ3n) is 2.12. The molecule has 2 N–H and O–H groups in total. The molecule has 0 aliphatic carbocycles. The number of rotatable bonds is 2. The first-order valence-electron chi connectivity index (χ1n) is 4.49. The molecule has 16 heavy (non-hydrogen) atoms. The molecule has 1 heterocycles. The Hall–Kier alpha value is -2.44. The normalized spacial score (nSPS) is 10.3. The number of tetrazole rings is 1. The number of amides is 1. The maximum atomic E-state index is 11.5. The fourth-order valence-corrected chi connectivity index (χ4v) is 1.24. The van der Waals surface area contributed by atoms with Gasteiger partial charge in [-0.3, -0.25) is 4.79 Å². The Morgan fingerprint density at radius 2 is 1.88 bits per heavy atom. The molecule has 0 fully saturated rings. The minimum absolute atomic E-state index is 0.355.